The van der Waals surface area contributed by atoms with Crippen LogP contribution < -0.4 is 5.73 Å². The number of hydrogen-bond acceptors (Lipinski definition) is 5. The fourth-order valence-electron chi connectivity index (χ4n) is 1.77. The number of amides is 1. The minimum absolute atomic E-state index is 0.0315. The summed E-state index contributed by atoms with van der Waals surface area (Å²) in [6, 6.07) is 7.96. The standard InChI is InChI=1S/C13H7Cl2N5O/c14-9-2-1-7(3-10(9)15)13(8(5-16)6-17)20-12(21)4-11(18)19-20/h1-3H,4H2,(H2,18,19). The van der Waals surface area contributed by atoms with Gasteiger partial charge in [-0.25, -0.2) is 0 Å². The number of halogens is 2. The summed E-state index contributed by atoms with van der Waals surface area (Å²) in [7, 11) is 0. The molecule has 1 amide bonds. The molecule has 2 rings (SSSR count). The van der Waals surface area contributed by atoms with Crippen molar-refractivity contribution in [2.75, 3.05) is 0 Å². The van der Waals surface area contributed by atoms with Crippen LogP contribution in [-0.4, -0.2) is 16.8 Å². The Labute approximate surface area is 130 Å². The maximum absolute atomic E-state index is 11.9. The average Bonchev–Trinajstić information content (AvgIpc) is 2.78. The molecule has 0 unspecified atom stereocenters. The lowest BCUT2D eigenvalue weighted by atomic mass is 10.1. The van der Waals surface area contributed by atoms with Gasteiger partial charge in [0.05, 0.1) is 16.5 Å². The van der Waals surface area contributed by atoms with E-state index in [2.05, 4.69) is 5.10 Å². The lowest BCUT2D eigenvalue weighted by Gasteiger charge is -2.16. The number of carbonyl (C=O) groups is 1. The number of hydrogen-bond donors (Lipinski definition) is 1. The maximum atomic E-state index is 11.9. The molecule has 0 aliphatic carbocycles. The molecule has 104 valence electrons. The molecular weight excluding hydrogens is 313 g/mol. The molecule has 0 saturated heterocycles. The first-order valence-corrected chi connectivity index (χ1v) is 6.39. The highest BCUT2D eigenvalue weighted by molar-refractivity contribution is 6.42. The minimum atomic E-state index is -0.434. The van der Waals surface area contributed by atoms with Crippen molar-refractivity contribution >= 4 is 40.6 Å². The molecule has 1 aromatic carbocycles. The third-order valence-corrected chi connectivity index (χ3v) is 3.40. The lowest BCUT2D eigenvalue weighted by molar-refractivity contribution is -0.125. The number of carbonyl (C=O) groups excluding carboxylic acids is 1. The average molecular weight is 320 g/mol. The van der Waals surface area contributed by atoms with Crippen LogP contribution in [0.5, 0.6) is 0 Å². The van der Waals surface area contributed by atoms with E-state index in [1.807, 2.05) is 0 Å². The van der Waals surface area contributed by atoms with Crippen molar-refractivity contribution < 1.29 is 4.79 Å². The Morgan fingerprint density at radius 1 is 1.29 bits per heavy atom. The second-order valence-electron chi connectivity index (χ2n) is 4.05. The van der Waals surface area contributed by atoms with E-state index in [1.165, 1.54) is 18.2 Å². The van der Waals surface area contributed by atoms with Gasteiger partial charge in [-0.3, -0.25) is 4.79 Å². The Morgan fingerprint density at radius 2 is 1.95 bits per heavy atom. The zero-order valence-electron chi connectivity index (χ0n) is 10.5. The number of amidine groups is 1. The molecule has 6 nitrogen and oxygen atoms in total. The van der Waals surface area contributed by atoms with E-state index in [9.17, 15) is 4.79 Å². The maximum Gasteiger partial charge on any atom is 0.255 e. The molecule has 0 atom stereocenters. The largest absolute Gasteiger partial charge is 0.385 e. The molecule has 0 saturated carbocycles. The number of hydrazone groups is 1. The van der Waals surface area contributed by atoms with E-state index >= 15 is 0 Å². The van der Waals surface area contributed by atoms with Gasteiger partial charge in [-0.05, 0) is 12.1 Å². The highest BCUT2D eigenvalue weighted by atomic mass is 35.5. The molecule has 8 heteroatoms. The predicted octanol–water partition coefficient (Wildman–Crippen LogP) is 2.26. The molecular formula is C13H7Cl2N5O. The van der Waals surface area contributed by atoms with Gasteiger partial charge >= 0.3 is 0 Å². The fraction of sp³-hybridized carbons (Fsp3) is 0.0769. The van der Waals surface area contributed by atoms with Gasteiger partial charge in [0, 0.05) is 5.56 Å². The van der Waals surface area contributed by atoms with Gasteiger partial charge in [0.15, 0.2) is 5.57 Å². The number of nitrogens with zero attached hydrogens (tertiary/aromatic N) is 4. The van der Waals surface area contributed by atoms with Crippen LogP contribution >= 0.6 is 23.2 Å². The summed E-state index contributed by atoms with van der Waals surface area (Å²) in [6.45, 7) is 0. The summed E-state index contributed by atoms with van der Waals surface area (Å²) in [5.74, 6) is -0.329. The third kappa shape index (κ3) is 2.82. The van der Waals surface area contributed by atoms with E-state index in [0.717, 1.165) is 5.01 Å². The SMILES string of the molecule is N#CC(C#N)=C(c1ccc(Cl)c(Cl)c1)N1N=C(N)CC1=O. The Morgan fingerprint density at radius 3 is 2.43 bits per heavy atom. The summed E-state index contributed by atoms with van der Waals surface area (Å²) in [5, 5.41) is 23.5. The van der Waals surface area contributed by atoms with Crippen molar-refractivity contribution in [2.45, 2.75) is 6.42 Å². The number of nitrogens with two attached hydrogens (primary N) is 1. The zero-order valence-corrected chi connectivity index (χ0v) is 12.0. The van der Waals surface area contributed by atoms with Crippen LogP contribution in [0.25, 0.3) is 5.70 Å². The molecule has 21 heavy (non-hydrogen) atoms. The van der Waals surface area contributed by atoms with Crippen LogP contribution in [0.2, 0.25) is 10.0 Å². The quantitative estimate of drug-likeness (QED) is 0.843. The second kappa shape index (κ2) is 5.84. The Balaban J connectivity index is 2.67. The summed E-state index contributed by atoms with van der Waals surface area (Å²) >= 11 is 11.8. The monoisotopic (exact) mass is 319 g/mol. The number of allylic oxidation sites excluding steroid dienone is 1. The van der Waals surface area contributed by atoms with E-state index in [4.69, 9.17) is 39.5 Å². The molecule has 1 heterocycles. The van der Waals surface area contributed by atoms with E-state index in [-0.39, 0.29) is 28.5 Å². The van der Waals surface area contributed by atoms with Crippen LogP contribution in [0.15, 0.2) is 28.9 Å². The van der Waals surface area contributed by atoms with Crippen molar-refractivity contribution in [3.63, 3.8) is 0 Å². The normalized spacial score (nSPS) is 13.4. The number of nitriles is 2. The van der Waals surface area contributed by atoms with Crippen LogP contribution in [0.4, 0.5) is 0 Å². The van der Waals surface area contributed by atoms with Crippen LogP contribution in [0.1, 0.15) is 12.0 Å². The van der Waals surface area contributed by atoms with Gasteiger partial charge in [-0.2, -0.15) is 20.6 Å². The fourth-order valence-corrected chi connectivity index (χ4v) is 2.07. The van der Waals surface area contributed by atoms with Crippen LogP contribution in [-0.2, 0) is 4.79 Å². The van der Waals surface area contributed by atoms with Gasteiger partial charge in [-0.15, -0.1) is 0 Å². The highest BCUT2D eigenvalue weighted by Crippen LogP contribution is 2.31. The van der Waals surface area contributed by atoms with Crippen LogP contribution in [0.3, 0.4) is 0 Å². The van der Waals surface area contributed by atoms with Crippen molar-refractivity contribution in [1.82, 2.24) is 5.01 Å². The summed E-state index contributed by atoms with van der Waals surface area (Å²) < 4.78 is 0. The molecule has 2 N–H and O–H groups in total. The van der Waals surface area contributed by atoms with Crippen molar-refractivity contribution in [3.05, 3.63) is 39.4 Å². The first-order chi connectivity index (χ1) is 9.97. The Hall–Kier alpha value is -2.54. The first kappa shape index (κ1) is 14.9. The molecule has 0 bridgehead atoms. The lowest BCUT2D eigenvalue weighted by Crippen LogP contribution is -2.20. The molecule has 0 radical (unpaired) electrons. The van der Waals surface area contributed by atoms with Gasteiger partial charge < -0.3 is 5.73 Å². The summed E-state index contributed by atoms with van der Waals surface area (Å²) in [6.07, 6.45) is -0.0744. The number of benzene rings is 1. The molecule has 1 aromatic rings. The Bertz CT molecular complexity index is 754. The van der Waals surface area contributed by atoms with Crippen molar-refractivity contribution in [2.24, 2.45) is 10.8 Å². The van der Waals surface area contributed by atoms with Crippen molar-refractivity contribution in [1.29, 1.82) is 10.5 Å². The van der Waals surface area contributed by atoms with Crippen LogP contribution in [0, 0.1) is 22.7 Å². The summed E-state index contributed by atoms with van der Waals surface area (Å²) in [4.78, 5) is 11.9. The van der Waals surface area contributed by atoms with Gasteiger partial charge in [-0.1, -0.05) is 29.3 Å². The first-order valence-electron chi connectivity index (χ1n) is 5.63. The van der Waals surface area contributed by atoms with E-state index in [0.29, 0.717) is 10.6 Å². The molecule has 1 aliphatic rings. The van der Waals surface area contributed by atoms with Gasteiger partial charge in [0.25, 0.3) is 5.91 Å². The van der Waals surface area contributed by atoms with Gasteiger partial charge in [0.1, 0.15) is 23.7 Å². The summed E-state index contributed by atoms with van der Waals surface area (Å²) in [5.41, 5.74) is 5.64. The Kier molecular flexibility index (Phi) is 4.13. The zero-order chi connectivity index (χ0) is 15.6. The highest BCUT2D eigenvalue weighted by Gasteiger charge is 2.29. The topological polar surface area (TPSA) is 106 Å². The smallest absolute Gasteiger partial charge is 0.255 e. The minimum Gasteiger partial charge on any atom is -0.385 e. The molecule has 0 aromatic heterocycles. The second-order valence-corrected chi connectivity index (χ2v) is 4.86. The molecule has 0 spiro atoms. The predicted molar refractivity (Wildman–Crippen MR) is 77.7 cm³/mol. The van der Waals surface area contributed by atoms with E-state index < -0.39 is 5.91 Å². The van der Waals surface area contributed by atoms with E-state index in [1.54, 1.807) is 12.1 Å². The van der Waals surface area contributed by atoms with Crippen molar-refractivity contribution in [3.8, 4) is 12.1 Å². The number of rotatable bonds is 2. The third-order valence-electron chi connectivity index (χ3n) is 2.66. The molecule has 1 aliphatic heterocycles. The van der Waals surface area contributed by atoms with Gasteiger partial charge in [0.2, 0.25) is 0 Å². The molecule has 0 fully saturated rings.